The van der Waals surface area contributed by atoms with Gasteiger partial charge in [0.1, 0.15) is 0 Å². The van der Waals surface area contributed by atoms with Crippen LogP contribution in [0.2, 0.25) is 0 Å². The van der Waals surface area contributed by atoms with Gasteiger partial charge in [-0.15, -0.1) is 0 Å². The summed E-state index contributed by atoms with van der Waals surface area (Å²) >= 11 is 0. The lowest BCUT2D eigenvalue weighted by atomic mass is 10.2. The molecule has 1 aromatic rings. The summed E-state index contributed by atoms with van der Waals surface area (Å²) in [4.78, 5) is 0. The third-order valence-corrected chi connectivity index (χ3v) is 4.19. The minimum absolute atomic E-state index is 0.148. The van der Waals surface area contributed by atoms with Crippen LogP contribution in [0.4, 0.5) is 0 Å². The Balaban J connectivity index is 1.81. The van der Waals surface area contributed by atoms with Crippen LogP contribution in [0.25, 0.3) is 0 Å². The van der Waals surface area contributed by atoms with E-state index in [0.717, 1.165) is 5.56 Å². The molecule has 0 bridgehead atoms. The van der Waals surface area contributed by atoms with Crippen LogP contribution in [0.3, 0.4) is 0 Å². The predicted molar refractivity (Wildman–Crippen MR) is 63.9 cm³/mol. The molecule has 0 aliphatic heterocycles. The second kappa shape index (κ2) is 4.90. The zero-order valence-corrected chi connectivity index (χ0v) is 9.58. The van der Waals surface area contributed by atoms with Crippen LogP contribution in [0.5, 0.6) is 0 Å². The highest BCUT2D eigenvalue weighted by atomic mass is 32.2. The quantitative estimate of drug-likeness (QED) is 0.825. The van der Waals surface area contributed by atoms with Crippen molar-refractivity contribution in [3.05, 3.63) is 35.9 Å². The molecule has 0 radical (unpaired) electrons. The number of hydrogen-bond donors (Lipinski definition) is 1. The second-order valence-electron chi connectivity index (χ2n) is 4.24. The van der Waals surface area contributed by atoms with Crippen LogP contribution in [-0.4, -0.2) is 16.0 Å². The second-order valence-corrected chi connectivity index (χ2v) is 5.74. The average Bonchev–Trinajstić information content (AvgIpc) is 3.01. The summed E-state index contributed by atoms with van der Waals surface area (Å²) in [7, 11) is -0.807. The SMILES string of the molecule is NC(CS(=O)Cc1ccccc1)C1CC1. The summed E-state index contributed by atoms with van der Waals surface area (Å²) in [5, 5.41) is 0. The first kappa shape index (κ1) is 10.8. The van der Waals surface area contributed by atoms with Gasteiger partial charge in [-0.2, -0.15) is 0 Å². The lowest BCUT2D eigenvalue weighted by molar-refractivity contribution is 0.634. The molecule has 1 aliphatic rings. The fourth-order valence-corrected chi connectivity index (χ4v) is 3.08. The van der Waals surface area contributed by atoms with Gasteiger partial charge in [0, 0.05) is 28.3 Å². The van der Waals surface area contributed by atoms with E-state index in [2.05, 4.69) is 0 Å². The van der Waals surface area contributed by atoms with Crippen molar-refractivity contribution in [2.75, 3.05) is 5.75 Å². The average molecular weight is 223 g/mol. The van der Waals surface area contributed by atoms with Gasteiger partial charge in [-0.25, -0.2) is 0 Å². The molecule has 0 spiro atoms. The molecule has 0 aromatic heterocycles. The predicted octanol–water partition coefficient (Wildman–Crippen LogP) is 1.67. The maximum Gasteiger partial charge on any atom is 0.0486 e. The van der Waals surface area contributed by atoms with Crippen molar-refractivity contribution >= 4 is 10.8 Å². The van der Waals surface area contributed by atoms with E-state index in [0.29, 0.717) is 17.4 Å². The van der Waals surface area contributed by atoms with E-state index in [1.165, 1.54) is 12.8 Å². The van der Waals surface area contributed by atoms with E-state index in [9.17, 15) is 4.21 Å². The number of rotatable bonds is 5. The lowest BCUT2D eigenvalue weighted by Gasteiger charge is -2.09. The summed E-state index contributed by atoms with van der Waals surface area (Å²) in [6.45, 7) is 0. The van der Waals surface area contributed by atoms with Crippen molar-refractivity contribution in [3.8, 4) is 0 Å². The fraction of sp³-hybridized carbons (Fsp3) is 0.500. The normalized spacial score (nSPS) is 19.8. The van der Waals surface area contributed by atoms with E-state index in [1.807, 2.05) is 30.3 Å². The highest BCUT2D eigenvalue weighted by molar-refractivity contribution is 7.84. The zero-order chi connectivity index (χ0) is 10.7. The van der Waals surface area contributed by atoms with Gasteiger partial charge in [0.25, 0.3) is 0 Å². The molecule has 2 atom stereocenters. The molecule has 1 aliphatic carbocycles. The molecule has 15 heavy (non-hydrogen) atoms. The smallest absolute Gasteiger partial charge is 0.0486 e. The highest BCUT2D eigenvalue weighted by Gasteiger charge is 2.29. The van der Waals surface area contributed by atoms with Crippen molar-refractivity contribution in [2.24, 2.45) is 11.7 Å². The first-order chi connectivity index (χ1) is 7.25. The Morgan fingerprint density at radius 3 is 2.60 bits per heavy atom. The number of hydrogen-bond acceptors (Lipinski definition) is 2. The summed E-state index contributed by atoms with van der Waals surface area (Å²) in [6.07, 6.45) is 2.45. The third kappa shape index (κ3) is 3.43. The van der Waals surface area contributed by atoms with Gasteiger partial charge in [0.15, 0.2) is 0 Å². The Bertz CT molecular complexity index is 335. The van der Waals surface area contributed by atoms with E-state index >= 15 is 0 Å². The standard InChI is InChI=1S/C12H17NOS/c13-12(11-6-7-11)9-15(14)8-10-4-2-1-3-5-10/h1-5,11-12H,6-9,13H2. The van der Waals surface area contributed by atoms with Gasteiger partial charge in [-0.3, -0.25) is 4.21 Å². The van der Waals surface area contributed by atoms with Gasteiger partial charge >= 0.3 is 0 Å². The monoisotopic (exact) mass is 223 g/mol. The molecule has 3 heteroatoms. The molecule has 0 saturated heterocycles. The van der Waals surface area contributed by atoms with Crippen LogP contribution < -0.4 is 5.73 Å². The fourth-order valence-electron chi connectivity index (χ4n) is 1.69. The lowest BCUT2D eigenvalue weighted by Crippen LogP contribution is -2.29. The molecule has 82 valence electrons. The molecule has 2 nitrogen and oxygen atoms in total. The summed E-state index contributed by atoms with van der Waals surface area (Å²) in [5.41, 5.74) is 7.08. The van der Waals surface area contributed by atoms with Crippen molar-refractivity contribution in [1.29, 1.82) is 0 Å². The largest absolute Gasteiger partial charge is 0.327 e. The molecule has 1 saturated carbocycles. The Morgan fingerprint density at radius 2 is 2.00 bits per heavy atom. The molecule has 2 N–H and O–H groups in total. The third-order valence-electron chi connectivity index (χ3n) is 2.78. The topological polar surface area (TPSA) is 43.1 Å². The van der Waals surface area contributed by atoms with Crippen LogP contribution in [0.1, 0.15) is 18.4 Å². The summed E-state index contributed by atoms with van der Waals surface area (Å²) < 4.78 is 11.8. The maximum absolute atomic E-state index is 11.8. The number of benzene rings is 1. The molecule has 1 fully saturated rings. The van der Waals surface area contributed by atoms with Crippen molar-refractivity contribution in [3.63, 3.8) is 0 Å². The van der Waals surface area contributed by atoms with Gasteiger partial charge in [-0.1, -0.05) is 30.3 Å². The van der Waals surface area contributed by atoms with E-state index < -0.39 is 10.8 Å². The maximum atomic E-state index is 11.8. The Morgan fingerprint density at radius 1 is 1.33 bits per heavy atom. The van der Waals surface area contributed by atoms with Crippen molar-refractivity contribution in [1.82, 2.24) is 0 Å². The molecule has 0 amide bonds. The van der Waals surface area contributed by atoms with E-state index in [-0.39, 0.29) is 6.04 Å². The van der Waals surface area contributed by atoms with Crippen molar-refractivity contribution < 1.29 is 4.21 Å². The van der Waals surface area contributed by atoms with Gasteiger partial charge in [-0.05, 0) is 24.3 Å². The number of nitrogens with two attached hydrogens (primary N) is 1. The van der Waals surface area contributed by atoms with Crippen molar-refractivity contribution in [2.45, 2.75) is 24.6 Å². The minimum atomic E-state index is -0.807. The molecule has 1 aromatic carbocycles. The van der Waals surface area contributed by atoms with Crippen LogP contribution in [-0.2, 0) is 16.6 Å². The first-order valence-corrected chi connectivity index (χ1v) is 6.89. The zero-order valence-electron chi connectivity index (χ0n) is 8.76. The summed E-state index contributed by atoms with van der Waals surface area (Å²) in [6, 6.07) is 10.1. The van der Waals surface area contributed by atoms with Crippen LogP contribution in [0.15, 0.2) is 30.3 Å². The van der Waals surface area contributed by atoms with Gasteiger partial charge in [0.05, 0.1) is 0 Å². The molecule has 2 rings (SSSR count). The van der Waals surface area contributed by atoms with E-state index in [1.54, 1.807) is 0 Å². The Hall–Kier alpha value is -0.670. The first-order valence-electron chi connectivity index (χ1n) is 5.40. The van der Waals surface area contributed by atoms with Crippen LogP contribution >= 0.6 is 0 Å². The molecular formula is C12H17NOS. The molecule has 0 heterocycles. The van der Waals surface area contributed by atoms with Crippen LogP contribution in [0, 0.1) is 5.92 Å². The molecular weight excluding hydrogens is 206 g/mol. The van der Waals surface area contributed by atoms with E-state index in [4.69, 9.17) is 5.73 Å². The Kier molecular flexibility index (Phi) is 3.54. The van der Waals surface area contributed by atoms with Gasteiger partial charge in [0.2, 0.25) is 0 Å². The summed E-state index contributed by atoms with van der Waals surface area (Å²) in [5.74, 6) is 1.94. The highest BCUT2D eigenvalue weighted by Crippen LogP contribution is 2.31. The Labute approximate surface area is 93.3 Å². The molecule has 2 unspecified atom stereocenters. The van der Waals surface area contributed by atoms with Gasteiger partial charge < -0.3 is 5.73 Å². The minimum Gasteiger partial charge on any atom is -0.327 e.